The lowest BCUT2D eigenvalue weighted by molar-refractivity contribution is -0.118. The first kappa shape index (κ1) is 14.5. The van der Waals surface area contributed by atoms with Crippen LogP contribution in [0.5, 0.6) is 0 Å². The summed E-state index contributed by atoms with van der Waals surface area (Å²) in [5.41, 5.74) is 0.982. The van der Waals surface area contributed by atoms with Crippen LogP contribution in [0.15, 0.2) is 24.3 Å². The Morgan fingerprint density at radius 2 is 1.94 bits per heavy atom. The average molecular weight is 269 g/mol. The van der Waals surface area contributed by atoms with Crippen molar-refractivity contribution >= 4 is 29.1 Å². The van der Waals surface area contributed by atoms with E-state index in [-0.39, 0.29) is 23.6 Å². The van der Waals surface area contributed by atoms with E-state index in [1.54, 1.807) is 45.3 Å². The van der Waals surface area contributed by atoms with Crippen molar-refractivity contribution in [1.29, 1.82) is 0 Å². The van der Waals surface area contributed by atoms with E-state index in [0.717, 1.165) is 0 Å². The molecule has 0 saturated carbocycles. The van der Waals surface area contributed by atoms with E-state index < -0.39 is 0 Å². The van der Waals surface area contributed by atoms with Gasteiger partial charge in [0.1, 0.15) is 0 Å². The standard InChI is InChI=1S/C13H17ClN2O2/c1-9(8-14)12(17)15-11-7-5-4-6-10(11)13(18)16(2)3/h4-7,9H,8H2,1-3H3,(H,15,17). The molecule has 98 valence electrons. The number of benzene rings is 1. The highest BCUT2D eigenvalue weighted by Crippen LogP contribution is 2.17. The lowest BCUT2D eigenvalue weighted by atomic mass is 10.1. The minimum Gasteiger partial charge on any atom is -0.345 e. The molecule has 0 saturated heterocycles. The molecule has 5 heteroatoms. The molecule has 18 heavy (non-hydrogen) atoms. The predicted molar refractivity (Wildman–Crippen MR) is 73.0 cm³/mol. The van der Waals surface area contributed by atoms with E-state index in [1.165, 1.54) is 4.90 Å². The number of carbonyl (C=O) groups excluding carboxylic acids is 2. The van der Waals surface area contributed by atoms with E-state index in [1.807, 2.05) is 0 Å². The highest BCUT2D eigenvalue weighted by Gasteiger charge is 2.17. The monoisotopic (exact) mass is 268 g/mol. The Hall–Kier alpha value is -1.55. The molecule has 1 atom stereocenters. The van der Waals surface area contributed by atoms with Gasteiger partial charge in [-0.15, -0.1) is 11.6 Å². The molecule has 0 bridgehead atoms. The van der Waals surface area contributed by atoms with Crippen LogP contribution in [0.1, 0.15) is 17.3 Å². The predicted octanol–water partition coefficient (Wildman–Crippen LogP) is 2.20. The molecule has 0 heterocycles. The normalized spacial score (nSPS) is 11.8. The van der Waals surface area contributed by atoms with Crippen LogP contribution in [0.4, 0.5) is 5.69 Å². The Morgan fingerprint density at radius 1 is 1.33 bits per heavy atom. The summed E-state index contributed by atoms with van der Waals surface area (Å²) in [6.07, 6.45) is 0. The number of nitrogens with one attached hydrogen (secondary N) is 1. The van der Waals surface area contributed by atoms with Crippen LogP contribution in [0, 0.1) is 5.92 Å². The summed E-state index contributed by atoms with van der Waals surface area (Å²) in [6, 6.07) is 6.92. The first-order valence-corrected chi connectivity index (χ1v) is 6.18. The molecular formula is C13H17ClN2O2. The van der Waals surface area contributed by atoms with Gasteiger partial charge in [0.25, 0.3) is 5.91 Å². The number of hydrogen-bond acceptors (Lipinski definition) is 2. The molecule has 0 radical (unpaired) electrons. The van der Waals surface area contributed by atoms with Crippen LogP contribution in [-0.4, -0.2) is 36.7 Å². The third kappa shape index (κ3) is 3.47. The molecule has 0 aromatic heterocycles. The largest absolute Gasteiger partial charge is 0.345 e. The van der Waals surface area contributed by atoms with E-state index in [4.69, 9.17) is 11.6 Å². The SMILES string of the molecule is CC(CCl)C(=O)Nc1ccccc1C(=O)N(C)C. The second-order valence-electron chi connectivity index (χ2n) is 4.29. The maximum absolute atomic E-state index is 11.9. The van der Waals surface area contributed by atoms with Gasteiger partial charge in [0.2, 0.25) is 5.91 Å². The van der Waals surface area contributed by atoms with Crippen molar-refractivity contribution in [3.8, 4) is 0 Å². The third-order valence-corrected chi connectivity index (χ3v) is 2.96. The molecule has 4 nitrogen and oxygen atoms in total. The Morgan fingerprint density at radius 3 is 2.50 bits per heavy atom. The van der Waals surface area contributed by atoms with Gasteiger partial charge in [0.05, 0.1) is 11.3 Å². The summed E-state index contributed by atoms with van der Waals surface area (Å²) in [7, 11) is 3.34. The zero-order valence-corrected chi connectivity index (χ0v) is 11.5. The van der Waals surface area contributed by atoms with Crippen molar-refractivity contribution in [2.45, 2.75) is 6.92 Å². The summed E-state index contributed by atoms with van der Waals surface area (Å²) >= 11 is 5.63. The second-order valence-corrected chi connectivity index (χ2v) is 4.60. The number of rotatable bonds is 4. The quantitative estimate of drug-likeness (QED) is 0.851. The zero-order valence-electron chi connectivity index (χ0n) is 10.7. The van der Waals surface area contributed by atoms with Gasteiger partial charge in [0.15, 0.2) is 0 Å². The Balaban J connectivity index is 2.96. The maximum Gasteiger partial charge on any atom is 0.255 e. The number of amides is 2. The second kappa shape index (κ2) is 6.40. The molecule has 1 aromatic rings. The van der Waals surface area contributed by atoms with Crippen LogP contribution in [0.25, 0.3) is 0 Å². The van der Waals surface area contributed by atoms with Crippen molar-refractivity contribution in [2.24, 2.45) is 5.92 Å². The number of nitrogens with zero attached hydrogens (tertiary/aromatic N) is 1. The summed E-state index contributed by atoms with van der Waals surface area (Å²) in [5, 5.41) is 2.73. The number of halogens is 1. The average Bonchev–Trinajstić information content (AvgIpc) is 2.37. The molecule has 2 amide bonds. The minimum absolute atomic E-state index is 0.149. The van der Waals surface area contributed by atoms with Crippen molar-refractivity contribution in [3.63, 3.8) is 0 Å². The van der Waals surface area contributed by atoms with E-state index in [2.05, 4.69) is 5.32 Å². The molecular weight excluding hydrogens is 252 g/mol. The highest BCUT2D eigenvalue weighted by molar-refractivity contribution is 6.19. The summed E-state index contributed by atoms with van der Waals surface area (Å²) in [6.45, 7) is 1.73. The number of anilines is 1. The molecule has 0 spiro atoms. The molecule has 0 aliphatic rings. The van der Waals surface area contributed by atoms with Crippen LogP contribution in [-0.2, 0) is 4.79 Å². The van der Waals surface area contributed by atoms with Crippen molar-refractivity contribution < 1.29 is 9.59 Å². The van der Waals surface area contributed by atoms with Gasteiger partial charge in [-0.25, -0.2) is 0 Å². The van der Waals surface area contributed by atoms with Crippen LogP contribution in [0.3, 0.4) is 0 Å². The number of hydrogen-bond donors (Lipinski definition) is 1. The van der Waals surface area contributed by atoms with Gasteiger partial charge in [-0.3, -0.25) is 9.59 Å². The minimum atomic E-state index is -0.297. The number of carbonyl (C=O) groups is 2. The van der Waals surface area contributed by atoms with E-state index in [9.17, 15) is 9.59 Å². The fourth-order valence-electron chi connectivity index (χ4n) is 1.35. The zero-order chi connectivity index (χ0) is 13.7. The van der Waals surface area contributed by atoms with E-state index in [0.29, 0.717) is 11.3 Å². The van der Waals surface area contributed by atoms with Gasteiger partial charge in [0, 0.05) is 25.9 Å². The lowest BCUT2D eigenvalue weighted by Gasteiger charge is -2.15. The number of alkyl halides is 1. The van der Waals surface area contributed by atoms with Crippen LogP contribution < -0.4 is 5.32 Å². The van der Waals surface area contributed by atoms with Gasteiger partial charge >= 0.3 is 0 Å². The summed E-state index contributed by atoms with van der Waals surface area (Å²) in [4.78, 5) is 25.2. The lowest BCUT2D eigenvalue weighted by Crippen LogP contribution is -2.26. The van der Waals surface area contributed by atoms with Crippen LogP contribution in [0.2, 0.25) is 0 Å². The summed E-state index contributed by atoms with van der Waals surface area (Å²) < 4.78 is 0. The first-order valence-electron chi connectivity index (χ1n) is 5.65. The molecule has 0 fully saturated rings. The molecule has 1 aromatic carbocycles. The Bertz CT molecular complexity index is 446. The Labute approximate surface area is 112 Å². The fourth-order valence-corrected chi connectivity index (χ4v) is 1.49. The number of para-hydroxylation sites is 1. The third-order valence-electron chi connectivity index (χ3n) is 2.50. The van der Waals surface area contributed by atoms with Crippen molar-refractivity contribution in [1.82, 2.24) is 4.90 Å². The molecule has 0 aliphatic heterocycles. The van der Waals surface area contributed by atoms with E-state index >= 15 is 0 Å². The van der Waals surface area contributed by atoms with Gasteiger partial charge in [-0.1, -0.05) is 19.1 Å². The summed E-state index contributed by atoms with van der Waals surface area (Å²) in [5.74, 6) is -0.391. The van der Waals surface area contributed by atoms with Gasteiger partial charge in [-0.05, 0) is 12.1 Å². The molecule has 1 N–H and O–H groups in total. The topological polar surface area (TPSA) is 49.4 Å². The molecule has 1 rings (SSSR count). The van der Waals surface area contributed by atoms with Crippen molar-refractivity contribution in [3.05, 3.63) is 29.8 Å². The first-order chi connectivity index (χ1) is 8.47. The van der Waals surface area contributed by atoms with Gasteiger partial charge < -0.3 is 10.2 Å². The van der Waals surface area contributed by atoms with Gasteiger partial charge in [-0.2, -0.15) is 0 Å². The fraction of sp³-hybridized carbons (Fsp3) is 0.385. The molecule has 1 unspecified atom stereocenters. The van der Waals surface area contributed by atoms with Crippen molar-refractivity contribution in [2.75, 3.05) is 25.3 Å². The maximum atomic E-state index is 11.9. The van der Waals surface area contributed by atoms with Crippen LogP contribution >= 0.6 is 11.6 Å². The Kier molecular flexibility index (Phi) is 5.16. The smallest absolute Gasteiger partial charge is 0.255 e. The highest BCUT2D eigenvalue weighted by atomic mass is 35.5. The molecule has 0 aliphatic carbocycles.